The predicted octanol–water partition coefficient (Wildman–Crippen LogP) is 4.00. The summed E-state index contributed by atoms with van der Waals surface area (Å²) < 4.78 is 13.4. The van der Waals surface area contributed by atoms with E-state index in [4.69, 9.17) is 0 Å². The fraction of sp³-hybridized carbons (Fsp3) is 0.381. The van der Waals surface area contributed by atoms with Crippen molar-refractivity contribution in [3.63, 3.8) is 0 Å². The molecule has 0 aliphatic carbocycles. The highest BCUT2D eigenvalue weighted by Crippen LogP contribution is 2.34. The number of hydrogen-bond donors (Lipinski definition) is 1. The Morgan fingerprint density at radius 2 is 1.97 bits per heavy atom. The Morgan fingerprint density at radius 3 is 2.55 bits per heavy atom. The van der Waals surface area contributed by atoms with E-state index >= 15 is 0 Å². The normalized spacial score (nSPS) is 16.5. The third-order valence-electron chi connectivity index (χ3n) is 4.43. The highest BCUT2D eigenvalue weighted by atomic mass is 32.1. The smallest absolute Gasteiger partial charge is 0.318 e. The number of amides is 3. The Balaban J connectivity index is 1.80. The molecule has 1 N–H and O–H groups in total. The molecule has 3 rings (SSSR count). The molecule has 0 bridgehead atoms. The predicted molar refractivity (Wildman–Crippen MR) is 112 cm³/mol. The van der Waals surface area contributed by atoms with Crippen LogP contribution < -0.4 is 5.32 Å². The summed E-state index contributed by atoms with van der Waals surface area (Å²) in [5.41, 5.74) is 1.21. The summed E-state index contributed by atoms with van der Waals surface area (Å²) in [4.78, 5) is 27.7. The van der Waals surface area contributed by atoms with E-state index in [1.54, 1.807) is 30.5 Å². The van der Waals surface area contributed by atoms with Crippen LogP contribution in [0.1, 0.15) is 43.7 Å². The number of likely N-dealkylation sites (N-methyl/N-ethyl adjacent to an activating group) is 1. The molecular weight excluding hydrogens is 391 g/mol. The first-order chi connectivity index (χ1) is 13.6. The van der Waals surface area contributed by atoms with Gasteiger partial charge in [-0.2, -0.15) is 5.10 Å². The second-order valence-corrected chi connectivity index (χ2v) is 9.02. The van der Waals surface area contributed by atoms with E-state index in [0.717, 1.165) is 16.2 Å². The zero-order valence-electron chi connectivity index (χ0n) is 17.0. The molecule has 0 saturated carbocycles. The van der Waals surface area contributed by atoms with Crippen LogP contribution in [0.15, 0.2) is 46.9 Å². The van der Waals surface area contributed by atoms with Crippen LogP contribution in [-0.2, 0) is 4.79 Å². The minimum absolute atomic E-state index is 0.110. The number of urea groups is 1. The Labute approximate surface area is 174 Å². The Kier molecular flexibility index (Phi) is 6.02. The highest BCUT2D eigenvalue weighted by Gasteiger charge is 2.34. The van der Waals surface area contributed by atoms with Crippen LogP contribution in [0.25, 0.3) is 0 Å². The number of carbonyl (C=O) groups excluding carboxylic acids is 2. The number of hydrazone groups is 1. The van der Waals surface area contributed by atoms with Crippen molar-refractivity contribution in [2.75, 3.05) is 13.6 Å². The number of halogens is 1. The van der Waals surface area contributed by atoms with Crippen LogP contribution in [0.4, 0.5) is 9.18 Å². The largest absolute Gasteiger partial charge is 0.333 e. The first kappa shape index (κ1) is 21.0. The molecule has 0 radical (unpaired) electrons. The van der Waals surface area contributed by atoms with Crippen LogP contribution in [0, 0.1) is 5.82 Å². The standard InChI is InChI=1S/C21H25FN4O2S/c1-21(2,3)23-20(28)25(4)13-19(27)26-17(14-7-9-15(22)10-8-14)12-16(24-26)18-6-5-11-29-18/h5-11,17H,12-13H2,1-4H3,(H,23,28)/t17-/m0/s1. The van der Waals surface area contributed by atoms with E-state index in [2.05, 4.69) is 10.4 Å². The van der Waals surface area contributed by atoms with Gasteiger partial charge < -0.3 is 10.2 Å². The zero-order valence-corrected chi connectivity index (χ0v) is 17.8. The number of carbonyl (C=O) groups is 2. The summed E-state index contributed by atoms with van der Waals surface area (Å²) in [6.07, 6.45) is 0.537. The van der Waals surface area contributed by atoms with Gasteiger partial charge in [0.15, 0.2) is 0 Å². The Morgan fingerprint density at radius 1 is 1.28 bits per heavy atom. The number of nitrogens with one attached hydrogen (secondary N) is 1. The molecule has 1 aliphatic rings. The molecule has 154 valence electrons. The molecule has 3 amide bonds. The first-order valence-corrected chi connectivity index (χ1v) is 10.2. The molecule has 2 aromatic rings. The van der Waals surface area contributed by atoms with Gasteiger partial charge in [0.2, 0.25) is 0 Å². The summed E-state index contributed by atoms with van der Waals surface area (Å²) in [6.45, 7) is 5.52. The quantitative estimate of drug-likeness (QED) is 0.819. The van der Waals surface area contributed by atoms with Crippen molar-refractivity contribution in [1.29, 1.82) is 0 Å². The van der Waals surface area contributed by atoms with Gasteiger partial charge in [0, 0.05) is 19.0 Å². The molecule has 1 aromatic heterocycles. The summed E-state index contributed by atoms with van der Waals surface area (Å²) in [6, 6.07) is 9.33. The second kappa shape index (κ2) is 8.32. The van der Waals surface area contributed by atoms with E-state index < -0.39 is 5.54 Å². The summed E-state index contributed by atoms with van der Waals surface area (Å²) >= 11 is 1.56. The molecule has 8 heteroatoms. The topological polar surface area (TPSA) is 65.0 Å². The number of hydrogen-bond acceptors (Lipinski definition) is 4. The fourth-order valence-electron chi connectivity index (χ4n) is 3.04. The van der Waals surface area contributed by atoms with Crippen molar-refractivity contribution in [1.82, 2.24) is 15.2 Å². The average molecular weight is 417 g/mol. The summed E-state index contributed by atoms with van der Waals surface area (Å²) in [7, 11) is 1.58. The van der Waals surface area contributed by atoms with Gasteiger partial charge in [-0.15, -0.1) is 11.3 Å². The van der Waals surface area contributed by atoms with Crippen molar-refractivity contribution in [2.45, 2.75) is 38.8 Å². The molecule has 6 nitrogen and oxygen atoms in total. The maximum Gasteiger partial charge on any atom is 0.318 e. The molecule has 1 atom stereocenters. The van der Waals surface area contributed by atoms with Gasteiger partial charge >= 0.3 is 6.03 Å². The third kappa shape index (κ3) is 5.20. The van der Waals surface area contributed by atoms with Gasteiger partial charge in [0.25, 0.3) is 5.91 Å². The summed E-state index contributed by atoms with van der Waals surface area (Å²) in [5, 5.41) is 10.8. The molecule has 1 aliphatic heterocycles. The van der Waals surface area contributed by atoms with E-state index in [0.29, 0.717) is 6.42 Å². The van der Waals surface area contributed by atoms with Gasteiger partial charge in [0.05, 0.1) is 16.6 Å². The number of rotatable bonds is 4. The maximum absolute atomic E-state index is 13.4. The monoisotopic (exact) mass is 416 g/mol. The van der Waals surface area contributed by atoms with Gasteiger partial charge in [0.1, 0.15) is 12.4 Å². The van der Waals surface area contributed by atoms with E-state index in [1.165, 1.54) is 22.0 Å². The molecule has 0 fully saturated rings. The SMILES string of the molecule is CN(CC(=O)N1N=C(c2cccs2)C[C@H]1c1ccc(F)cc1)C(=O)NC(C)(C)C. The van der Waals surface area contributed by atoms with Crippen LogP contribution in [0.3, 0.4) is 0 Å². The lowest BCUT2D eigenvalue weighted by molar-refractivity contribution is -0.133. The van der Waals surface area contributed by atoms with Crippen LogP contribution >= 0.6 is 11.3 Å². The molecule has 2 heterocycles. The lowest BCUT2D eigenvalue weighted by Crippen LogP contribution is -2.49. The molecule has 1 aromatic carbocycles. The molecule has 29 heavy (non-hydrogen) atoms. The molecule has 0 spiro atoms. The van der Waals surface area contributed by atoms with E-state index in [9.17, 15) is 14.0 Å². The van der Waals surface area contributed by atoms with E-state index in [1.807, 2.05) is 38.3 Å². The molecule has 0 saturated heterocycles. The summed E-state index contributed by atoms with van der Waals surface area (Å²) in [5.74, 6) is -0.625. The Hall–Kier alpha value is -2.74. The van der Waals surface area contributed by atoms with Crippen LogP contribution in [-0.4, -0.2) is 46.7 Å². The number of nitrogens with zero attached hydrogens (tertiary/aromatic N) is 3. The number of thiophene rings is 1. The van der Waals surface area contributed by atoms with Gasteiger partial charge in [-0.3, -0.25) is 4.79 Å². The third-order valence-corrected chi connectivity index (χ3v) is 5.35. The Bertz CT molecular complexity index is 904. The van der Waals surface area contributed by atoms with Gasteiger partial charge in [-0.1, -0.05) is 18.2 Å². The fourth-order valence-corrected chi connectivity index (χ4v) is 3.76. The molecular formula is C21H25FN4O2S. The highest BCUT2D eigenvalue weighted by molar-refractivity contribution is 7.12. The number of benzene rings is 1. The van der Waals surface area contributed by atoms with Crippen LogP contribution in [0.5, 0.6) is 0 Å². The van der Waals surface area contributed by atoms with Crippen molar-refractivity contribution in [3.8, 4) is 0 Å². The first-order valence-electron chi connectivity index (χ1n) is 9.36. The van der Waals surface area contributed by atoms with E-state index in [-0.39, 0.29) is 30.3 Å². The lowest BCUT2D eigenvalue weighted by atomic mass is 10.0. The van der Waals surface area contributed by atoms with Crippen molar-refractivity contribution >= 4 is 29.0 Å². The lowest BCUT2D eigenvalue weighted by Gasteiger charge is -2.27. The second-order valence-electron chi connectivity index (χ2n) is 8.07. The van der Waals surface area contributed by atoms with Crippen molar-refractivity contribution in [3.05, 3.63) is 58.0 Å². The minimum atomic E-state index is -0.400. The average Bonchev–Trinajstić information content (AvgIpc) is 3.30. The van der Waals surface area contributed by atoms with Crippen molar-refractivity contribution < 1.29 is 14.0 Å². The van der Waals surface area contributed by atoms with Gasteiger partial charge in [-0.25, -0.2) is 14.2 Å². The molecule has 0 unspecified atom stereocenters. The van der Waals surface area contributed by atoms with Gasteiger partial charge in [-0.05, 0) is 49.9 Å². The van der Waals surface area contributed by atoms with Crippen molar-refractivity contribution in [2.24, 2.45) is 5.10 Å². The maximum atomic E-state index is 13.4. The van der Waals surface area contributed by atoms with Crippen LogP contribution in [0.2, 0.25) is 0 Å². The zero-order chi connectivity index (χ0) is 21.2. The minimum Gasteiger partial charge on any atom is -0.333 e.